The number of benzene rings is 1. The third-order valence-corrected chi connectivity index (χ3v) is 4.24. The van der Waals surface area contributed by atoms with Crippen LogP contribution >= 0.6 is 0 Å². The highest BCUT2D eigenvalue weighted by molar-refractivity contribution is 5.93. The maximum atomic E-state index is 14.2. The van der Waals surface area contributed by atoms with E-state index < -0.39 is 0 Å². The second-order valence-electron chi connectivity index (χ2n) is 5.66. The molecular formula is C17H15FN4. The van der Waals surface area contributed by atoms with Gasteiger partial charge in [0.15, 0.2) is 11.5 Å². The second-order valence-corrected chi connectivity index (χ2v) is 5.66. The number of aromatic amines is 1. The number of rotatable bonds is 1. The molecule has 0 bridgehead atoms. The van der Waals surface area contributed by atoms with Gasteiger partial charge in [0, 0.05) is 5.56 Å². The number of aromatic nitrogens is 3. The maximum absolute atomic E-state index is 14.2. The Bertz CT molecular complexity index is 910. The second kappa shape index (κ2) is 4.66. The average molecular weight is 294 g/mol. The summed E-state index contributed by atoms with van der Waals surface area (Å²) in [6.45, 7) is 4.09. The summed E-state index contributed by atoms with van der Waals surface area (Å²) in [4.78, 5) is 4.60. The summed E-state index contributed by atoms with van der Waals surface area (Å²) in [5.41, 5.74) is 11.1. The third kappa shape index (κ3) is 1.82. The van der Waals surface area contributed by atoms with Gasteiger partial charge in [-0.2, -0.15) is 5.10 Å². The summed E-state index contributed by atoms with van der Waals surface area (Å²) < 4.78 is 14.2. The van der Waals surface area contributed by atoms with Crippen LogP contribution in [0.25, 0.3) is 22.3 Å². The van der Waals surface area contributed by atoms with Crippen LogP contribution in [0.2, 0.25) is 0 Å². The molecule has 0 saturated carbocycles. The number of nitrogens with two attached hydrogens (primary N) is 1. The number of pyridine rings is 1. The molecule has 2 aromatic heterocycles. The molecule has 4 nitrogen and oxygen atoms in total. The Morgan fingerprint density at radius 2 is 2.00 bits per heavy atom. The number of nitrogens with zero attached hydrogens (tertiary/aromatic N) is 2. The monoisotopic (exact) mass is 294 g/mol. The van der Waals surface area contributed by atoms with Crippen molar-refractivity contribution in [3.63, 3.8) is 0 Å². The summed E-state index contributed by atoms with van der Waals surface area (Å²) in [6, 6.07) is 6.71. The van der Waals surface area contributed by atoms with Gasteiger partial charge < -0.3 is 5.73 Å². The molecule has 4 rings (SSSR count). The van der Waals surface area contributed by atoms with E-state index in [0.717, 1.165) is 41.3 Å². The van der Waals surface area contributed by atoms with Gasteiger partial charge in [-0.15, -0.1) is 0 Å². The zero-order chi connectivity index (χ0) is 15.3. The quantitative estimate of drug-likeness (QED) is 0.676. The van der Waals surface area contributed by atoms with Gasteiger partial charge >= 0.3 is 0 Å². The number of halogens is 1. The molecule has 1 aliphatic carbocycles. The smallest absolute Gasteiger partial charge is 0.158 e. The van der Waals surface area contributed by atoms with Gasteiger partial charge in [0.25, 0.3) is 0 Å². The van der Waals surface area contributed by atoms with Crippen LogP contribution in [0.15, 0.2) is 36.4 Å². The van der Waals surface area contributed by atoms with Gasteiger partial charge in [-0.05, 0) is 42.5 Å². The number of nitrogen functional groups attached to an aromatic ring is 1. The predicted molar refractivity (Wildman–Crippen MR) is 84.9 cm³/mol. The van der Waals surface area contributed by atoms with E-state index in [1.54, 1.807) is 12.1 Å². The fourth-order valence-electron chi connectivity index (χ4n) is 3.18. The third-order valence-electron chi connectivity index (χ3n) is 4.24. The lowest BCUT2D eigenvalue weighted by Gasteiger charge is -2.21. The van der Waals surface area contributed by atoms with Crippen molar-refractivity contribution in [1.29, 1.82) is 0 Å². The van der Waals surface area contributed by atoms with E-state index in [9.17, 15) is 4.39 Å². The number of allylic oxidation sites excluding steroid dienone is 1. The van der Waals surface area contributed by atoms with Crippen molar-refractivity contribution in [1.82, 2.24) is 15.2 Å². The Labute approximate surface area is 126 Å². The van der Waals surface area contributed by atoms with Crippen molar-refractivity contribution < 1.29 is 4.39 Å². The average Bonchev–Trinajstić information content (AvgIpc) is 2.88. The predicted octanol–water partition coefficient (Wildman–Crippen LogP) is 3.39. The molecule has 1 aliphatic rings. The van der Waals surface area contributed by atoms with Crippen molar-refractivity contribution in [3.05, 3.63) is 53.4 Å². The zero-order valence-corrected chi connectivity index (χ0v) is 12.0. The van der Waals surface area contributed by atoms with Crippen LogP contribution in [-0.4, -0.2) is 15.2 Å². The van der Waals surface area contributed by atoms with E-state index in [1.165, 1.54) is 6.07 Å². The lowest BCUT2D eigenvalue weighted by molar-refractivity contribution is 0.630. The normalized spacial score (nSPS) is 14.3. The topological polar surface area (TPSA) is 67.6 Å². The first-order valence-corrected chi connectivity index (χ1v) is 7.22. The lowest BCUT2D eigenvalue weighted by atomic mass is 9.85. The molecule has 22 heavy (non-hydrogen) atoms. The molecule has 0 atom stereocenters. The van der Waals surface area contributed by atoms with Crippen LogP contribution in [0.5, 0.6) is 0 Å². The number of nitrogens with one attached hydrogen (secondary N) is 1. The van der Waals surface area contributed by atoms with Crippen molar-refractivity contribution in [2.45, 2.75) is 19.3 Å². The largest absolute Gasteiger partial charge is 0.382 e. The van der Waals surface area contributed by atoms with E-state index in [2.05, 4.69) is 21.8 Å². The minimum Gasteiger partial charge on any atom is -0.382 e. The van der Waals surface area contributed by atoms with E-state index in [-0.39, 0.29) is 5.82 Å². The van der Waals surface area contributed by atoms with Gasteiger partial charge in [-0.3, -0.25) is 5.10 Å². The fourth-order valence-corrected chi connectivity index (χ4v) is 3.18. The Morgan fingerprint density at radius 3 is 2.82 bits per heavy atom. The number of H-pyrrole nitrogens is 1. The SMILES string of the molecule is C=C1CCc2c(-c3ccccc3F)nc3[nH]nc(N)c3c2C1. The van der Waals surface area contributed by atoms with Crippen molar-refractivity contribution >= 4 is 16.9 Å². The summed E-state index contributed by atoms with van der Waals surface area (Å²) in [5, 5.41) is 7.74. The molecule has 0 unspecified atom stereocenters. The Kier molecular flexibility index (Phi) is 2.76. The molecule has 0 aliphatic heterocycles. The molecule has 110 valence electrons. The summed E-state index contributed by atoms with van der Waals surface area (Å²) in [5.74, 6) is 0.168. The van der Waals surface area contributed by atoms with Crippen LogP contribution in [0, 0.1) is 5.82 Å². The van der Waals surface area contributed by atoms with Crippen LogP contribution < -0.4 is 5.73 Å². The summed E-state index contributed by atoms with van der Waals surface area (Å²) in [7, 11) is 0. The summed E-state index contributed by atoms with van der Waals surface area (Å²) >= 11 is 0. The van der Waals surface area contributed by atoms with Gasteiger partial charge in [-0.1, -0.05) is 24.3 Å². The van der Waals surface area contributed by atoms with Crippen LogP contribution in [0.4, 0.5) is 10.2 Å². The standard InChI is InChI=1S/C17H15FN4/c1-9-6-7-10-12(8-9)14-16(19)21-22-17(14)20-15(10)11-4-2-3-5-13(11)18/h2-5H,1,6-8H2,(H3,19,20,21,22). The minimum absolute atomic E-state index is 0.270. The molecule has 3 aromatic rings. The first-order chi connectivity index (χ1) is 10.6. The van der Waals surface area contributed by atoms with Crippen molar-refractivity contribution in [3.8, 4) is 11.3 Å². The molecule has 5 heteroatoms. The Hall–Kier alpha value is -2.69. The maximum Gasteiger partial charge on any atom is 0.158 e. The summed E-state index contributed by atoms with van der Waals surface area (Å²) in [6.07, 6.45) is 2.42. The lowest BCUT2D eigenvalue weighted by Crippen LogP contribution is -2.10. The molecule has 0 amide bonds. The molecule has 0 spiro atoms. The van der Waals surface area contributed by atoms with E-state index in [4.69, 9.17) is 5.73 Å². The van der Waals surface area contributed by atoms with Gasteiger partial charge in [0.2, 0.25) is 0 Å². The van der Waals surface area contributed by atoms with Gasteiger partial charge in [0.1, 0.15) is 5.82 Å². The first-order valence-electron chi connectivity index (χ1n) is 7.22. The minimum atomic E-state index is -0.270. The van der Waals surface area contributed by atoms with E-state index in [1.807, 2.05) is 6.07 Å². The van der Waals surface area contributed by atoms with Crippen LogP contribution in [-0.2, 0) is 12.8 Å². The molecule has 0 radical (unpaired) electrons. The highest BCUT2D eigenvalue weighted by Gasteiger charge is 2.24. The zero-order valence-electron chi connectivity index (χ0n) is 12.0. The van der Waals surface area contributed by atoms with Crippen molar-refractivity contribution in [2.75, 3.05) is 5.73 Å². The van der Waals surface area contributed by atoms with Crippen LogP contribution in [0.1, 0.15) is 17.5 Å². The molecular weight excluding hydrogens is 279 g/mol. The fraction of sp³-hybridized carbons (Fsp3) is 0.176. The molecule has 2 heterocycles. The number of hydrogen-bond acceptors (Lipinski definition) is 3. The molecule has 0 fully saturated rings. The Morgan fingerprint density at radius 1 is 1.18 bits per heavy atom. The highest BCUT2D eigenvalue weighted by Crippen LogP contribution is 2.38. The Balaban J connectivity index is 2.08. The number of anilines is 1. The van der Waals surface area contributed by atoms with Crippen LogP contribution in [0.3, 0.4) is 0 Å². The molecule has 0 saturated heterocycles. The first kappa shape index (κ1) is 13.0. The highest BCUT2D eigenvalue weighted by atomic mass is 19.1. The van der Waals surface area contributed by atoms with Crippen molar-refractivity contribution in [2.24, 2.45) is 0 Å². The van der Waals surface area contributed by atoms with E-state index in [0.29, 0.717) is 22.7 Å². The molecule has 3 N–H and O–H groups in total. The number of hydrogen-bond donors (Lipinski definition) is 2. The van der Waals surface area contributed by atoms with Gasteiger partial charge in [0.05, 0.1) is 11.1 Å². The van der Waals surface area contributed by atoms with E-state index >= 15 is 0 Å². The molecule has 1 aromatic carbocycles. The van der Waals surface area contributed by atoms with Gasteiger partial charge in [-0.25, -0.2) is 9.37 Å². The number of fused-ring (bicyclic) bond motifs is 3.